The van der Waals surface area contributed by atoms with E-state index in [0.29, 0.717) is 28.7 Å². The van der Waals surface area contributed by atoms with Gasteiger partial charge in [-0.2, -0.15) is 10.4 Å². The molecule has 0 aliphatic heterocycles. The van der Waals surface area contributed by atoms with Crippen molar-refractivity contribution in [1.82, 2.24) is 14.8 Å². The molecule has 0 spiro atoms. The number of nitriles is 1. The van der Waals surface area contributed by atoms with Crippen LogP contribution >= 0.6 is 0 Å². The monoisotopic (exact) mass is 344 g/mol. The van der Waals surface area contributed by atoms with Gasteiger partial charge in [-0.05, 0) is 25.5 Å². The smallest absolute Gasteiger partial charge is 0.267 e. The average Bonchev–Trinajstić information content (AvgIpc) is 3.14. The van der Waals surface area contributed by atoms with Crippen molar-refractivity contribution in [3.63, 3.8) is 0 Å². The van der Waals surface area contributed by atoms with Gasteiger partial charge in [-0.15, -0.1) is 0 Å². The van der Waals surface area contributed by atoms with Crippen LogP contribution in [0.25, 0.3) is 10.9 Å². The van der Waals surface area contributed by atoms with E-state index in [0.717, 1.165) is 5.56 Å². The Hall–Kier alpha value is -2.99. The summed E-state index contributed by atoms with van der Waals surface area (Å²) in [6, 6.07) is 5.49. The van der Waals surface area contributed by atoms with Crippen molar-refractivity contribution < 1.29 is 8.42 Å². The van der Waals surface area contributed by atoms with E-state index < -0.39 is 10.0 Å². The standard InChI is InChI=1S/C15H16N6O2S/c1-3-21-15(17)12(8-19-21)24(22,23)20-11-5-4-9(2)13-10(6-16)7-18-14(11)13/h4-5,7-8,18,20H,3,17H2,1-2H3. The molecule has 0 atom stereocenters. The fourth-order valence-electron chi connectivity index (χ4n) is 2.63. The van der Waals surface area contributed by atoms with Gasteiger partial charge < -0.3 is 10.7 Å². The second-order valence-electron chi connectivity index (χ2n) is 5.31. The van der Waals surface area contributed by atoms with Crippen LogP contribution in [0.15, 0.2) is 29.4 Å². The molecular weight excluding hydrogens is 328 g/mol. The highest BCUT2D eigenvalue weighted by molar-refractivity contribution is 7.92. The summed E-state index contributed by atoms with van der Waals surface area (Å²) in [4.78, 5) is 2.87. The zero-order chi connectivity index (χ0) is 17.5. The Morgan fingerprint density at radius 1 is 1.46 bits per heavy atom. The van der Waals surface area contributed by atoms with Gasteiger partial charge in [-0.3, -0.25) is 4.72 Å². The minimum Gasteiger partial charge on any atom is -0.383 e. The van der Waals surface area contributed by atoms with E-state index in [2.05, 4.69) is 20.9 Å². The van der Waals surface area contributed by atoms with Crippen LogP contribution in [0.2, 0.25) is 0 Å². The van der Waals surface area contributed by atoms with E-state index in [9.17, 15) is 13.7 Å². The van der Waals surface area contributed by atoms with Crippen LogP contribution in [-0.2, 0) is 16.6 Å². The van der Waals surface area contributed by atoms with Crippen LogP contribution in [0.5, 0.6) is 0 Å². The number of aromatic nitrogens is 3. The van der Waals surface area contributed by atoms with E-state index in [1.54, 1.807) is 18.3 Å². The zero-order valence-corrected chi connectivity index (χ0v) is 14.0. The normalized spacial score (nSPS) is 11.5. The van der Waals surface area contributed by atoms with Gasteiger partial charge in [0, 0.05) is 18.1 Å². The third-order valence-corrected chi connectivity index (χ3v) is 5.22. The summed E-state index contributed by atoms with van der Waals surface area (Å²) in [6.07, 6.45) is 2.78. The molecule has 0 bridgehead atoms. The second-order valence-corrected chi connectivity index (χ2v) is 6.96. The average molecular weight is 344 g/mol. The van der Waals surface area contributed by atoms with Gasteiger partial charge in [-0.1, -0.05) is 6.07 Å². The van der Waals surface area contributed by atoms with Gasteiger partial charge in [0.1, 0.15) is 16.8 Å². The highest BCUT2D eigenvalue weighted by Crippen LogP contribution is 2.30. The van der Waals surface area contributed by atoms with Crippen LogP contribution in [0.4, 0.5) is 11.5 Å². The lowest BCUT2D eigenvalue weighted by molar-refractivity contribution is 0.601. The molecule has 0 unspecified atom stereocenters. The van der Waals surface area contributed by atoms with Gasteiger partial charge in [0.2, 0.25) is 0 Å². The molecule has 4 N–H and O–H groups in total. The van der Waals surface area contributed by atoms with Crippen molar-refractivity contribution >= 4 is 32.4 Å². The molecule has 8 nitrogen and oxygen atoms in total. The maximum absolute atomic E-state index is 12.6. The fourth-order valence-corrected chi connectivity index (χ4v) is 3.77. The first-order valence-electron chi connectivity index (χ1n) is 7.24. The van der Waals surface area contributed by atoms with Crippen LogP contribution < -0.4 is 10.5 Å². The van der Waals surface area contributed by atoms with Gasteiger partial charge in [-0.25, -0.2) is 13.1 Å². The van der Waals surface area contributed by atoms with E-state index >= 15 is 0 Å². The molecule has 3 aromatic rings. The third kappa shape index (κ3) is 2.37. The lowest BCUT2D eigenvalue weighted by Crippen LogP contribution is -2.15. The summed E-state index contributed by atoms with van der Waals surface area (Å²) in [5.74, 6) is 0.0811. The number of nitrogens with two attached hydrogens (primary N) is 1. The molecule has 9 heteroatoms. The molecule has 0 saturated heterocycles. The molecule has 3 rings (SSSR count). The number of hydrogen-bond acceptors (Lipinski definition) is 5. The number of nitrogen functional groups attached to an aromatic ring is 1. The fraction of sp³-hybridized carbons (Fsp3) is 0.200. The molecule has 0 aliphatic carbocycles. The quantitative estimate of drug-likeness (QED) is 0.666. The number of H-pyrrole nitrogens is 1. The summed E-state index contributed by atoms with van der Waals surface area (Å²) in [6.45, 7) is 4.15. The van der Waals surface area contributed by atoms with E-state index in [1.807, 2.05) is 13.8 Å². The number of fused-ring (bicyclic) bond motifs is 1. The number of nitrogens with one attached hydrogen (secondary N) is 2. The highest BCUT2D eigenvalue weighted by Gasteiger charge is 2.23. The van der Waals surface area contributed by atoms with Crippen molar-refractivity contribution in [3.8, 4) is 6.07 Å². The molecule has 2 heterocycles. The van der Waals surface area contributed by atoms with Crippen molar-refractivity contribution in [1.29, 1.82) is 5.26 Å². The predicted octanol–water partition coefficient (Wildman–Crippen LogP) is 1.95. The Morgan fingerprint density at radius 3 is 2.83 bits per heavy atom. The number of anilines is 2. The number of aryl methyl sites for hydroxylation is 2. The molecule has 0 aliphatic rings. The maximum Gasteiger partial charge on any atom is 0.267 e. The minimum atomic E-state index is -3.90. The zero-order valence-electron chi connectivity index (χ0n) is 13.2. The number of benzene rings is 1. The largest absolute Gasteiger partial charge is 0.383 e. The predicted molar refractivity (Wildman–Crippen MR) is 90.9 cm³/mol. The number of sulfonamides is 1. The van der Waals surface area contributed by atoms with Gasteiger partial charge in [0.25, 0.3) is 10.0 Å². The SMILES string of the molecule is CCn1ncc(S(=O)(=O)Nc2ccc(C)c3c(C#N)c[nH]c23)c1N. The van der Waals surface area contributed by atoms with Gasteiger partial charge >= 0.3 is 0 Å². The van der Waals surface area contributed by atoms with Crippen LogP contribution in [0.1, 0.15) is 18.1 Å². The van der Waals surface area contributed by atoms with Crippen LogP contribution in [-0.4, -0.2) is 23.2 Å². The molecule has 0 radical (unpaired) electrons. The Morgan fingerprint density at radius 2 is 2.21 bits per heavy atom. The number of rotatable bonds is 4. The van der Waals surface area contributed by atoms with Crippen molar-refractivity contribution in [2.45, 2.75) is 25.3 Å². The Balaban J connectivity index is 2.10. The van der Waals surface area contributed by atoms with Crippen molar-refractivity contribution in [2.24, 2.45) is 0 Å². The molecule has 124 valence electrons. The first-order valence-corrected chi connectivity index (χ1v) is 8.72. The first kappa shape index (κ1) is 15.9. The summed E-state index contributed by atoms with van der Waals surface area (Å²) in [7, 11) is -3.90. The van der Waals surface area contributed by atoms with Gasteiger partial charge in [0.05, 0.1) is 23.0 Å². The van der Waals surface area contributed by atoms with Crippen molar-refractivity contribution in [2.75, 3.05) is 10.5 Å². The number of nitrogens with zero attached hydrogens (tertiary/aromatic N) is 3. The molecule has 2 aromatic heterocycles. The molecule has 24 heavy (non-hydrogen) atoms. The lowest BCUT2D eigenvalue weighted by atomic mass is 10.1. The minimum absolute atomic E-state index is 0.0786. The van der Waals surface area contributed by atoms with Crippen molar-refractivity contribution in [3.05, 3.63) is 35.7 Å². The number of aromatic amines is 1. The molecular formula is C15H16N6O2S. The van der Waals surface area contributed by atoms with Gasteiger partial charge in [0.15, 0.2) is 0 Å². The number of hydrogen-bond donors (Lipinski definition) is 3. The Labute approximate surface area is 138 Å². The molecule has 0 fully saturated rings. The third-order valence-electron chi connectivity index (χ3n) is 3.84. The Kier molecular flexibility index (Phi) is 3.69. The maximum atomic E-state index is 12.6. The summed E-state index contributed by atoms with van der Waals surface area (Å²) < 4.78 is 29.2. The Bertz CT molecular complexity index is 1070. The van der Waals surface area contributed by atoms with E-state index in [1.165, 1.54) is 10.9 Å². The summed E-state index contributed by atoms with van der Waals surface area (Å²) in [5.41, 5.74) is 8.09. The highest BCUT2D eigenvalue weighted by atomic mass is 32.2. The molecule has 0 amide bonds. The van der Waals surface area contributed by atoms with E-state index in [-0.39, 0.29) is 10.7 Å². The topological polar surface area (TPSA) is 130 Å². The molecule has 0 saturated carbocycles. The summed E-state index contributed by atoms with van der Waals surface area (Å²) in [5, 5.41) is 13.8. The lowest BCUT2D eigenvalue weighted by Gasteiger charge is -2.10. The van der Waals surface area contributed by atoms with Crippen LogP contribution in [0.3, 0.4) is 0 Å². The summed E-state index contributed by atoms with van der Waals surface area (Å²) >= 11 is 0. The van der Waals surface area contributed by atoms with Crippen LogP contribution in [0, 0.1) is 18.3 Å². The second kappa shape index (κ2) is 5.58. The molecule has 1 aromatic carbocycles. The van der Waals surface area contributed by atoms with E-state index in [4.69, 9.17) is 5.73 Å². The first-order chi connectivity index (χ1) is 11.4.